The second-order valence-electron chi connectivity index (χ2n) is 6.36. The van der Waals surface area contributed by atoms with Crippen molar-refractivity contribution >= 4 is 22.4 Å². The molecule has 0 unspecified atom stereocenters. The Morgan fingerprint density at radius 2 is 1.63 bits per heavy atom. The molecule has 0 aliphatic rings. The summed E-state index contributed by atoms with van der Waals surface area (Å²) in [5.74, 6) is 0.696. The zero-order chi connectivity index (χ0) is 19.7. The predicted molar refractivity (Wildman–Crippen MR) is 106 cm³/mol. The number of carbonyl (C=O) groups excluding carboxylic acids is 1. The average Bonchev–Trinajstić information content (AvgIpc) is 2.69. The fraction of sp³-hybridized carbons (Fsp3) is 0.238. The molecule has 0 bridgehead atoms. The fourth-order valence-corrected chi connectivity index (χ4v) is 3.19. The van der Waals surface area contributed by atoms with Gasteiger partial charge in [-0.1, -0.05) is 18.2 Å². The van der Waals surface area contributed by atoms with Gasteiger partial charge in [-0.15, -0.1) is 0 Å². The van der Waals surface area contributed by atoms with Gasteiger partial charge in [0.25, 0.3) is 11.5 Å². The number of nitrogens with zero attached hydrogens (tertiary/aromatic N) is 2. The van der Waals surface area contributed by atoms with E-state index in [1.165, 1.54) is 18.8 Å². The quantitative estimate of drug-likeness (QED) is 0.712. The number of hydrogen-bond acceptors (Lipinski definition) is 4. The summed E-state index contributed by atoms with van der Waals surface area (Å²) in [5, 5.41) is 0.931. The number of amides is 1. The Kier molecular flexibility index (Phi) is 4.90. The lowest BCUT2D eigenvalue weighted by Crippen LogP contribution is -2.29. The molecule has 1 amide bonds. The molecule has 140 valence electrons. The van der Waals surface area contributed by atoms with E-state index in [2.05, 4.69) is 0 Å². The Balaban J connectivity index is 2.24. The second kappa shape index (κ2) is 7.15. The molecule has 0 saturated heterocycles. The first-order valence-corrected chi connectivity index (χ1v) is 8.48. The molecular weight excluding hydrogens is 344 g/mol. The molecule has 0 radical (unpaired) electrons. The maximum atomic E-state index is 13.3. The molecule has 1 heterocycles. The molecule has 3 aromatic rings. The van der Waals surface area contributed by atoms with Gasteiger partial charge in [-0.25, -0.2) is 0 Å². The summed E-state index contributed by atoms with van der Waals surface area (Å²) in [6, 6.07) is 10.9. The normalized spacial score (nSPS) is 10.7. The number of pyridine rings is 1. The van der Waals surface area contributed by atoms with Gasteiger partial charge in [0.1, 0.15) is 0 Å². The SMILES string of the molecule is COc1cc2c(C(=O)N(C)c3ccccc3C)cn(C)c(=O)c2cc1OC. The molecule has 0 fully saturated rings. The maximum Gasteiger partial charge on any atom is 0.260 e. The van der Waals surface area contributed by atoms with Crippen molar-refractivity contribution in [3.8, 4) is 11.5 Å². The summed E-state index contributed by atoms with van der Waals surface area (Å²) in [5.41, 5.74) is 2.01. The van der Waals surface area contributed by atoms with Gasteiger partial charge >= 0.3 is 0 Å². The lowest BCUT2D eigenvalue weighted by Gasteiger charge is -2.21. The number of aromatic nitrogens is 1. The van der Waals surface area contributed by atoms with Crippen LogP contribution < -0.4 is 19.9 Å². The first kappa shape index (κ1) is 18.5. The molecule has 0 aliphatic carbocycles. The Morgan fingerprint density at radius 1 is 1.04 bits per heavy atom. The van der Waals surface area contributed by atoms with Crippen molar-refractivity contribution in [2.45, 2.75) is 6.92 Å². The van der Waals surface area contributed by atoms with Crippen LogP contribution in [-0.2, 0) is 7.05 Å². The van der Waals surface area contributed by atoms with E-state index in [0.717, 1.165) is 11.3 Å². The highest BCUT2D eigenvalue weighted by atomic mass is 16.5. The van der Waals surface area contributed by atoms with Crippen LogP contribution in [0.25, 0.3) is 10.8 Å². The molecule has 1 aromatic heterocycles. The van der Waals surface area contributed by atoms with E-state index in [1.807, 2.05) is 31.2 Å². The van der Waals surface area contributed by atoms with Crippen LogP contribution in [-0.4, -0.2) is 31.7 Å². The molecule has 2 aromatic carbocycles. The van der Waals surface area contributed by atoms with E-state index in [4.69, 9.17) is 9.47 Å². The topological polar surface area (TPSA) is 60.8 Å². The molecule has 27 heavy (non-hydrogen) atoms. The highest BCUT2D eigenvalue weighted by Gasteiger charge is 2.21. The Labute approximate surface area is 157 Å². The Bertz CT molecular complexity index is 1090. The summed E-state index contributed by atoms with van der Waals surface area (Å²) in [6.07, 6.45) is 1.56. The number of methoxy groups -OCH3 is 2. The highest BCUT2D eigenvalue weighted by molar-refractivity contribution is 6.14. The van der Waals surface area contributed by atoms with Gasteiger partial charge in [-0.05, 0) is 30.7 Å². The number of anilines is 1. The largest absolute Gasteiger partial charge is 0.493 e. The van der Waals surface area contributed by atoms with Crippen LogP contribution in [0.15, 0.2) is 47.4 Å². The van der Waals surface area contributed by atoms with Crippen LogP contribution in [0, 0.1) is 6.92 Å². The summed E-state index contributed by atoms with van der Waals surface area (Å²) in [6.45, 7) is 1.95. The highest BCUT2D eigenvalue weighted by Crippen LogP contribution is 2.33. The van der Waals surface area contributed by atoms with E-state index >= 15 is 0 Å². The summed E-state index contributed by atoms with van der Waals surface area (Å²) in [7, 11) is 6.38. The van der Waals surface area contributed by atoms with E-state index in [-0.39, 0.29) is 11.5 Å². The third kappa shape index (κ3) is 3.14. The van der Waals surface area contributed by atoms with E-state index in [0.29, 0.717) is 27.8 Å². The number of fused-ring (bicyclic) bond motifs is 1. The summed E-state index contributed by atoms with van der Waals surface area (Å²) >= 11 is 0. The molecule has 3 rings (SSSR count). The van der Waals surface area contributed by atoms with E-state index < -0.39 is 0 Å². The minimum absolute atomic E-state index is 0.207. The third-order valence-electron chi connectivity index (χ3n) is 4.70. The van der Waals surface area contributed by atoms with Gasteiger partial charge in [0.05, 0.1) is 25.2 Å². The fourth-order valence-electron chi connectivity index (χ4n) is 3.19. The van der Waals surface area contributed by atoms with Crippen LogP contribution >= 0.6 is 0 Å². The minimum atomic E-state index is -0.211. The van der Waals surface area contributed by atoms with Crippen LogP contribution in [0.3, 0.4) is 0 Å². The van der Waals surface area contributed by atoms with Gasteiger partial charge in [0.15, 0.2) is 11.5 Å². The van der Waals surface area contributed by atoms with Gasteiger partial charge in [-0.2, -0.15) is 0 Å². The summed E-state index contributed by atoms with van der Waals surface area (Å²) < 4.78 is 12.1. The van der Waals surface area contributed by atoms with Crippen molar-refractivity contribution in [3.63, 3.8) is 0 Å². The lowest BCUT2D eigenvalue weighted by atomic mass is 10.0. The molecule has 0 atom stereocenters. The van der Waals surface area contributed by atoms with Gasteiger partial charge in [-0.3, -0.25) is 9.59 Å². The van der Waals surface area contributed by atoms with Crippen molar-refractivity contribution in [3.05, 3.63) is 64.1 Å². The molecule has 6 nitrogen and oxygen atoms in total. The molecule has 0 N–H and O–H groups in total. The zero-order valence-electron chi connectivity index (χ0n) is 16.1. The zero-order valence-corrected chi connectivity index (χ0v) is 16.1. The van der Waals surface area contributed by atoms with Crippen molar-refractivity contribution < 1.29 is 14.3 Å². The van der Waals surface area contributed by atoms with Crippen molar-refractivity contribution in [2.75, 3.05) is 26.2 Å². The van der Waals surface area contributed by atoms with Crippen molar-refractivity contribution in [1.82, 2.24) is 4.57 Å². The predicted octanol–water partition coefficient (Wildman–Crippen LogP) is 3.14. The van der Waals surface area contributed by atoms with Crippen LogP contribution in [0.1, 0.15) is 15.9 Å². The monoisotopic (exact) mass is 366 g/mol. The third-order valence-corrected chi connectivity index (χ3v) is 4.70. The van der Waals surface area contributed by atoms with E-state index in [1.54, 1.807) is 37.3 Å². The standard InChI is InChI=1S/C21H22N2O4/c1-13-8-6-7-9-17(13)23(3)21(25)16-12-22(2)20(24)15-11-19(27-5)18(26-4)10-14(15)16/h6-12H,1-5H3. The second-order valence-corrected chi connectivity index (χ2v) is 6.36. The smallest absolute Gasteiger partial charge is 0.260 e. The number of carbonyl (C=O) groups is 1. The average molecular weight is 366 g/mol. The molecule has 0 saturated carbocycles. The number of benzene rings is 2. The molecule has 0 spiro atoms. The number of hydrogen-bond donors (Lipinski definition) is 0. The van der Waals surface area contributed by atoms with E-state index in [9.17, 15) is 9.59 Å². The number of rotatable bonds is 4. The van der Waals surface area contributed by atoms with Crippen LogP contribution in [0.4, 0.5) is 5.69 Å². The van der Waals surface area contributed by atoms with Gasteiger partial charge < -0.3 is 18.9 Å². The Hall–Kier alpha value is -3.28. The summed E-state index contributed by atoms with van der Waals surface area (Å²) in [4.78, 5) is 27.5. The van der Waals surface area contributed by atoms with Gasteiger partial charge in [0, 0.05) is 31.4 Å². The first-order valence-electron chi connectivity index (χ1n) is 8.48. The van der Waals surface area contributed by atoms with Crippen molar-refractivity contribution in [1.29, 1.82) is 0 Å². The van der Waals surface area contributed by atoms with Gasteiger partial charge in [0.2, 0.25) is 0 Å². The number of ether oxygens (including phenoxy) is 2. The van der Waals surface area contributed by atoms with Crippen LogP contribution in [0.2, 0.25) is 0 Å². The number of para-hydroxylation sites is 1. The molecule has 6 heteroatoms. The lowest BCUT2D eigenvalue weighted by molar-refractivity contribution is 0.0993. The first-order chi connectivity index (χ1) is 12.9. The maximum absolute atomic E-state index is 13.3. The molecular formula is C21H22N2O4. The Morgan fingerprint density at radius 3 is 2.22 bits per heavy atom. The van der Waals surface area contributed by atoms with Crippen molar-refractivity contribution in [2.24, 2.45) is 7.05 Å². The minimum Gasteiger partial charge on any atom is -0.493 e. The molecule has 0 aliphatic heterocycles. The number of aryl methyl sites for hydroxylation is 2. The van der Waals surface area contributed by atoms with Crippen LogP contribution in [0.5, 0.6) is 11.5 Å².